The second kappa shape index (κ2) is 5.61. The Morgan fingerprint density at radius 2 is 2.00 bits per heavy atom. The molecule has 1 aromatic carbocycles. The largest absolute Gasteiger partial charge is 0.290 e. The Hall–Kier alpha value is -1.90. The number of nitrogen functional groups attached to an aromatic ring is 1. The molecule has 106 valence electrons. The molecule has 0 aliphatic carbocycles. The molecule has 1 amide bonds. The van der Waals surface area contributed by atoms with Gasteiger partial charge in [-0.3, -0.25) is 14.9 Å². The van der Waals surface area contributed by atoms with Gasteiger partial charge in [-0.1, -0.05) is 18.2 Å². The maximum Gasteiger partial charge on any atom is 0.271 e. The minimum atomic E-state index is -3.71. The lowest BCUT2D eigenvalue weighted by Crippen LogP contribution is -2.31. The smallest absolute Gasteiger partial charge is 0.271 e. The molecule has 0 unspecified atom stereocenters. The Labute approximate surface area is 120 Å². The number of rotatable bonds is 4. The molecule has 0 saturated carbocycles. The number of carbonyl (C=O) groups is 1. The minimum Gasteiger partial charge on any atom is -0.290 e. The first-order valence-electron chi connectivity index (χ1n) is 5.62. The molecule has 0 radical (unpaired) electrons. The first-order chi connectivity index (χ1) is 9.45. The van der Waals surface area contributed by atoms with Crippen LogP contribution in [0.4, 0.5) is 5.69 Å². The van der Waals surface area contributed by atoms with E-state index in [1.807, 2.05) is 5.43 Å². The van der Waals surface area contributed by atoms with Crippen LogP contribution in [-0.4, -0.2) is 14.3 Å². The quantitative estimate of drug-likeness (QED) is 0.452. The van der Waals surface area contributed by atoms with E-state index in [1.54, 1.807) is 30.5 Å². The van der Waals surface area contributed by atoms with E-state index in [0.717, 1.165) is 11.3 Å². The second-order valence-electron chi connectivity index (χ2n) is 4.01. The summed E-state index contributed by atoms with van der Waals surface area (Å²) in [5.41, 5.74) is 3.03. The number of hydrazine groups is 1. The van der Waals surface area contributed by atoms with Crippen LogP contribution >= 0.6 is 11.3 Å². The molecule has 0 aliphatic heterocycles. The predicted octanol–water partition coefficient (Wildman–Crippen LogP) is 1.46. The first-order valence-corrected chi connectivity index (χ1v) is 7.99. The third kappa shape index (κ3) is 2.82. The van der Waals surface area contributed by atoms with Gasteiger partial charge in [-0.05, 0) is 30.0 Å². The molecule has 8 heteroatoms. The summed E-state index contributed by atoms with van der Waals surface area (Å²) in [7, 11) is -3.71. The molecule has 1 heterocycles. The Balaban J connectivity index is 2.46. The minimum absolute atomic E-state index is 0.174. The summed E-state index contributed by atoms with van der Waals surface area (Å²) in [5, 5.41) is 1.67. The first kappa shape index (κ1) is 14.5. The van der Waals surface area contributed by atoms with E-state index in [4.69, 9.17) is 5.84 Å². The summed E-state index contributed by atoms with van der Waals surface area (Å²) in [4.78, 5) is 11.7. The van der Waals surface area contributed by atoms with Crippen molar-refractivity contribution in [3.05, 3.63) is 46.8 Å². The standard InChI is InChI=1S/C12H13N3O3S2/c1-8-4-2-5-9(12(16)14-13)11(8)15-20(17,18)10-6-3-7-19-10/h2-7,15H,13H2,1H3,(H,14,16). The van der Waals surface area contributed by atoms with Gasteiger partial charge in [-0.25, -0.2) is 14.3 Å². The highest BCUT2D eigenvalue weighted by Crippen LogP contribution is 2.25. The number of sulfonamides is 1. The Morgan fingerprint density at radius 3 is 2.60 bits per heavy atom. The number of benzene rings is 1. The van der Waals surface area contributed by atoms with Crippen molar-refractivity contribution >= 4 is 33.0 Å². The lowest BCUT2D eigenvalue weighted by molar-refractivity contribution is 0.0954. The SMILES string of the molecule is Cc1cccc(C(=O)NN)c1NS(=O)(=O)c1cccs1. The Morgan fingerprint density at radius 1 is 1.25 bits per heavy atom. The molecule has 20 heavy (non-hydrogen) atoms. The number of thiophene rings is 1. The molecule has 0 spiro atoms. The fraction of sp³-hybridized carbons (Fsp3) is 0.0833. The van der Waals surface area contributed by atoms with Gasteiger partial charge in [-0.2, -0.15) is 0 Å². The predicted molar refractivity (Wildman–Crippen MR) is 78.0 cm³/mol. The molecular weight excluding hydrogens is 298 g/mol. The molecular formula is C12H13N3O3S2. The molecule has 0 atom stereocenters. The number of anilines is 1. The highest BCUT2D eigenvalue weighted by molar-refractivity contribution is 7.94. The summed E-state index contributed by atoms with van der Waals surface area (Å²) >= 11 is 1.10. The van der Waals surface area contributed by atoms with E-state index in [9.17, 15) is 13.2 Å². The van der Waals surface area contributed by atoms with Crippen LogP contribution in [0.3, 0.4) is 0 Å². The van der Waals surface area contributed by atoms with Gasteiger partial charge in [0.15, 0.2) is 0 Å². The van der Waals surface area contributed by atoms with Gasteiger partial charge in [0.2, 0.25) is 0 Å². The summed E-state index contributed by atoms with van der Waals surface area (Å²) in [6.07, 6.45) is 0. The van der Waals surface area contributed by atoms with Crippen LogP contribution in [0.15, 0.2) is 39.9 Å². The highest BCUT2D eigenvalue weighted by Gasteiger charge is 2.20. The van der Waals surface area contributed by atoms with Crippen LogP contribution in [0.25, 0.3) is 0 Å². The van der Waals surface area contributed by atoms with Crippen LogP contribution < -0.4 is 16.0 Å². The van der Waals surface area contributed by atoms with Crippen LogP contribution in [0, 0.1) is 6.92 Å². The monoisotopic (exact) mass is 311 g/mol. The topological polar surface area (TPSA) is 101 Å². The number of hydrogen-bond acceptors (Lipinski definition) is 5. The number of carbonyl (C=O) groups excluding carboxylic acids is 1. The second-order valence-corrected chi connectivity index (χ2v) is 6.87. The van der Waals surface area contributed by atoms with E-state index in [1.165, 1.54) is 12.1 Å². The number of aryl methyl sites for hydroxylation is 1. The van der Waals surface area contributed by atoms with Crippen LogP contribution in [0.5, 0.6) is 0 Å². The van der Waals surface area contributed by atoms with Crippen molar-refractivity contribution in [3.63, 3.8) is 0 Å². The van der Waals surface area contributed by atoms with Crippen molar-refractivity contribution < 1.29 is 13.2 Å². The normalized spacial score (nSPS) is 11.1. The molecule has 6 nitrogen and oxygen atoms in total. The van der Waals surface area contributed by atoms with Gasteiger partial charge in [0.25, 0.3) is 15.9 Å². The summed E-state index contributed by atoms with van der Waals surface area (Å²) in [6, 6.07) is 8.00. The van der Waals surface area contributed by atoms with Crippen molar-refractivity contribution in [3.8, 4) is 0 Å². The van der Waals surface area contributed by atoms with Gasteiger partial charge in [0.05, 0.1) is 11.3 Å². The highest BCUT2D eigenvalue weighted by atomic mass is 32.2. The molecule has 0 saturated heterocycles. The van der Waals surface area contributed by atoms with E-state index in [0.29, 0.717) is 5.56 Å². The van der Waals surface area contributed by atoms with E-state index >= 15 is 0 Å². The number of nitrogens with one attached hydrogen (secondary N) is 2. The molecule has 1 aromatic heterocycles. The van der Waals surface area contributed by atoms with Crippen molar-refractivity contribution in [2.45, 2.75) is 11.1 Å². The van der Waals surface area contributed by atoms with Crippen LogP contribution in [0.2, 0.25) is 0 Å². The number of para-hydroxylation sites is 1. The van der Waals surface area contributed by atoms with Gasteiger partial charge in [0.1, 0.15) is 4.21 Å². The molecule has 0 fully saturated rings. The summed E-state index contributed by atoms with van der Waals surface area (Å²) < 4.78 is 27.0. The van der Waals surface area contributed by atoms with Crippen molar-refractivity contribution in [1.82, 2.24) is 5.43 Å². The zero-order valence-electron chi connectivity index (χ0n) is 10.6. The fourth-order valence-electron chi connectivity index (χ4n) is 1.67. The van der Waals surface area contributed by atoms with Crippen LogP contribution in [0.1, 0.15) is 15.9 Å². The Kier molecular flexibility index (Phi) is 4.07. The lowest BCUT2D eigenvalue weighted by Gasteiger charge is -2.13. The average molecular weight is 311 g/mol. The maximum atomic E-state index is 12.2. The molecule has 2 aromatic rings. The zero-order chi connectivity index (χ0) is 14.8. The number of hydrogen-bond donors (Lipinski definition) is 3. The van der Waals surface area contributed by atoms with Gasteiger partial charge < -0.3 is 0 Å². The summed E-state index contributed by atoms with van der Waals surface area (Å²) in [5.74, 6) is 4.55. The van der Waals surface area contributed by atoms with E-state index in [-0.39, 0.29) is 15.5 Å². The van der Waals surface area contributed by atoms with Gasteiger partial charge >= 0.3 is 0 Å². The van der Waals surface area contributed by atoms with Gasteiger partial charge in [-0.15, -0.1) is 11.3 Å². The number of amides is 1. The molecule has 4 N–H and O–H groups in total. The zero-order valence-corrected chi connectivity index (χ0v) is 12.2. The molecule has 0 aliphatic rings. The van der Waals surface area contributed by atoms with Crippen molar-refractivity contribution in [1.29, 1.82) is 0 Å². The maximum absolute atomic E-state index is 12.2. The van der Waals surface area contributed by atoms with Gasteiger partial charge in [0, 0.05) is 0 Å². The molecule has 2 rings (SSSR count). The van der Waals surface area contributed by atoms with Crippen molar-refractivity contribution in [2.24, 2.45) is 5.84 Å². The van der Waals surface area contributed by atoms with E-state index in [2.05, 4.69) is 4.72 Å². The average Bonchev–Trinajstić information content (AvgIpc) is 2.95. The van der Waals surface area contributed by atoms with Crippen molar-refractivity contribution in [2.75, 3.05) is 4.72 Å². The Bertz CT molecular complexity index is 724. The number of nitrogens with two attached hydrogens (primary N) is 1. The summed E-state index contributed by atoms with van der Waals surface area (Å²) in [6.45, 7) is 1.71. The lowest BCUT2D eigenvalue weighted by atomic mass is 10.1. The van der Waals surface area contributed by atoms with Crippen LogP contribution in [-0.2, 0) is 10.0 Å². The third-order valence-electron chi connectivity index (χ3n) is 2.64. The fourth-order valence-corrected chi connectivity index (χ4v) is 3.82. The molecule has 0 bridgehead atoms. The third-order valence-corrected chi connectivity index (χ3v) is 5.39. The van der Waals surface area contributed by atoms with E-state index < -0.39 is 15.9 Å².